The van der Waals surface area contributed by atoms with Crippen LogP contribution in [0.4, 0.5) is 8.78 Å². The van der Waals surface area contributed by atoms with Gasteiger partial charge in [-0.1, -0.05) is 12.1 Å². The molecular weight excluding hydrogens is 538 g/mol. The SMILES string of the molecule is Cc1c(C(=O)O)ccn(C2CCN(Cc3cc(C4CC4)c(-c4ccc(F)cc4)c(F)c3OC(C)C)CC2)c1=O.Cl. The van der Waals surface area contributed by atoms with Gasteiger partial charge in [0.25, 0.3) is 5.56 Å². The maximum absolute atomic E-state index is 16.2. The monoisotopic (exact) mass is 572 g/mol. The molecular formula is C31H35ClF2N2O4. The van der Waals surface area contributed by atoms with Crippen LogP contribution in [0, 0.1) is 18.6 Å². The van der Waals surface area contributed by atoms with E-state index in [0.717, 1.165) is 36.8 Å². The van der Waals surface area contributed by atoms with Gasteiger partial charge in [-0.25, -0.2) is 13.6 Å². The molecule has 0 atom stereocenters. The predicted molar refractivity (Wildman–Crippen MR) is 153 cm³/mol. The molecule has 1 N–H and O–H groups in total. The Hall–Kier alpha value is -3.23. The van der Waals surface area contributed by atoms with Crippen LogP contribution in [0.3, 0.4) is 0 Å². The van der Waals surface area contributed by atoms with Crippen LogP contribution in [-0.2, 0) is 6.54 Å². The van der Waals surface area contributed by atoms with Gasteiger partial charge in [0.05, 0.1) is 11.7 Å². The number of carboxylic acids is 1. The van der Waals surface area contributed by atoms with E-state index >= 15 is 4.39 Å². The Balaban J connectivity index is 0.00000370. The Morgan fingerprint density at radius 2 is 1.73 bits per heavy atom. The van der Waals surface area contributed by atoms with Gasteiger partial charge in [-0.05, 0) is 87.8 Å². The molecule has 3 aromatic rings. The highest BCUT2D eigenvalue weighted by Crippen LogP contribution is 2.48. The van der Waals surface area contributed by atoms with E-state index in [2.05, 4.69) is 11.0 Å². The van der Waals surface area contributed by atoms with Gasteiger partial charge in [0.1, 0.15) is 5.82 Å². The molecule has 9 heteroatoms. The largest absolute Gasteiger partial charge is 0.488 e. The second kappa shape index (κ2) is 12.1. The van der Waals surface area contributed by atoms with Crippen molar-refractivity contribution in [3.05, 3.63) is 86.8 Å². The fourth-order valence-electron chi connectivity index (χ4n) is 5.59. The lowest BCUT2D eigenvalue weighted by Crippen LogP contribution is -2.38. The van der Waals surface area contributed by atoms with E-state index in [-0.39, 0.29) is 58.7 Å². The lowest BCUT2D eigenvalue weighted by molar-refractivity contribution is 0.0695. The molecule has 1 saturated heterocycles. The number of ether oxygens (including phenoxy) is 1. The number of hydrogen-bond donors (Lipinski definition) is 1. The molecule has 2 heterocycles. The smallest absolute Gasteiger partial charge is 0.336 e. The molecule has 6 nitrogen and oxygen atoms in total. The number of aromatic nitrogens is 1. The zero-order valence-corrected chi connectivity index (χ0v) is 23.8. The molecule has 0 amide bonds. The highest BCUT2D eigenvalue weighted by atomic mass is 35.5. The predicted octanol–water partition coefficient (Wildman–Crippen LogP) is 6.72. The van der Waals surface area contributed by atoms with Crippen molar-refractivity contribution >= 4 is 18.4 Å². The Morgan fingerprint density at radius 3 is 2.30 bits per heavy atom. The first-order valence-electron chi connectivity index (χ1n) is 13.6. The van der Waals surface area contributed by atoms with E-state index in [9.17, 15) is 19.1 Å². The number of carboxylic acid groups (broad SMARTS) is 1. The molecule has 0 bridgehead atoms. The topological polar surface area (TPSA) is 71.8 Å². The highest BCUT2D eigenvalue weighted by Gasteiger charge is 2.32. The Bertz CT molecular complexity index is 1440. The number of rotatable bonds is 8. The normalized spacial score (nSPS) is 16.1. The van der Waals surface area contributed by atoms with Gasteiger partial charge in [0.2, 0.25) is 0 Å². The van der Waals surface area contributed by atoms with Gasteiger partial charge in [-0.2, -0.15) is 0 Å². The highest BCUT2D eigenvalue weighted by molar-refractivity contribution is 5.89. The van der Waals surface area contributed by atoms with E-state index < -0.39 is 11.8 Å². The van der Waals surface area contributed by atoms with Crippen molar-refractivity contribution in [3.8, 4) is 16.9 Å². The van der Waals surface area contributed by atoms with Crippen LogP contribution in [0.5, 0.6) is 5.75 Å². The number of nitrogens with zero attached hydrogens (tertiary/aromatic N) is 2. The summed E-state index contributed by atoms with van der Waals surface area (Å²) in [5.74, 6) is -1.34. The van der Waals surface area contributed by atoms with Crippen molar-refractivity contribution in [2.45, 2.75) is 71.1 Å². The van der Waals surface area contributed by atoms with Gasteiger partial charge in [-0.15, -0.1) is 12.4 Å². The Labute approximate surface area is 239 Å². The number of halogens is 3. The second-order valence-electron chi connectivity index (χ2n) is 11.0. The molecule has 2 aromatic carbocycles. The first-order valence-corrected chi connectivity index (χ1v) is 13.6. The number of hydrogen-bond acceptors (Lipinski definition) is 4. The van der Waals surface area contributed by atoms with Gasteiger partial charge < -0.3 is 14.4 Å². The van der Waals surface area contributed by atoms with E-state index in [1.54, 1.807) is 29.8 Å². The van der Waals surface area contributed by atoms with Crippen LogP contribution >= 0.6 is 12.4 Å². The van der Waals surface area contributed by atoms with Gasteiger partial charge in [0, 0.05) is 48.6 Å². The van der Waals surface area contributed by atoms with Gasteiger partial charge in [0.15, 0.2) is 11.6 Å². The zero-order chi connectivity index (χ0) is 27.8. The number of pyridine rings is 1. The molecule has 1 aromatic heterocycles. The van der Waals surface area contributed by atoms with Gasteiger partial charge in [-0.3, -0.25) is 9.69 Å². The average Bonchev–Trinajstić information content (AvgIpc) is 3.74. The Morgan fingerprint density at radius 1 is 1.07 bits per heavy atom. The zero-order valence-electron chi connectivity index (χ0n) is 23.0. The third-order valence-corrected chi connectivity index (χ3v) is 7.77. The summed E-state index contributed by atoms with van der Waals surface area (Å²) in [7, 11) is 0. The molecule has 1 saturated carbocycles. The summed E-state index contributed by atoms with van der Waals surface area (Å²) >= 11 is 0. The van der Waals surface area contributed by atoms with Crippen LogP contribution in [0.25, 0.3) is 11.1 Å². The number of benzene rings is 2. The van der Waals surface area contributed by atoms with Crippen molar-refractivity contribution in [1.82, 2.24) is 9.47 Å². The van der Waals surface area contributed by atoms with E-state index in [1.165, 1.54) is 18.2 Å². The summed E-state index contributed by atoms with van der Waals surface area (Å²) < 4.78 is 37.5. The summed E-state index contributed by atoms with van der Waals surface area (Å²) in [6.07, 6.45) is 4.80. The number of likely N-dealkylation sites (tertiary alicyclic amines) is 1. The second-order valence-corrected chi connectivity index (χ2v) is 11.0. The van der Waals surface area contributed by atoms with Crippen molar-refractivity contribution in [3.63, 3.8) is 0 Å². The van der Waals surface area contributed by atoms with Crippen molar-refractivity contribution in [2.75, 3.05) is 13.1 Å². The fourth-order valence-corrected chi connectivity index (χ4v) is 5.59. The van der Waals surface area contributed by atoms with Crippen LogP contribution in [0.2, 0.25) is 0 Å². The third kappa shape index (κ3) is 6.08. The molecule has 0 unspecified atom stereocenters. The molecule has 0 spiro atoms. The minimum absolute atomic E-state index is 0. The summed E-state index contributed by atoms with van der Waals surface area (Å²) in [5.41, 5.74) is 2.89. The standard InChI is InChI=1S/C31H34F2N2O4.ClH/c1-18(2)39-29-22(16-26(20-4-5-20)27(28(29)33)21-6-8-23(32)9-7-21)17-34-13-10-24(11-14-34)35-15-12-25(31(37)38)19(3)30(35)36;/h6-9,12,15-16,18,20,24H,4-5,10-11,13-14,17H2,1-3H3,(H,37,38);1H. The van der Waals surface area contributed by atoms with Crippen molar-refractivity contribution < 1.29 is 23.4 Å². The van der Waals surface area contributed by atoms with E-state index in [0.29, 0.717) is 30.8 Å². The maximum Gasteiger partial charge on any atom is 0.336 e. The lowest BCUT2D eigenvalue weighted by atomic mass is 9.92. The number of carbonyl (C=O) groups is 1. The maximum atomic E-state index is 16.2. The van der Waals surface area contributed by atoms with Crippen LogP contribution < -0.4 is 10.3 Å². The molecule has 1 aliphatic heterocycles. The minimum Gasteiger partial charge on any atom is -0.488 e. The van der Waals surface area contributed by atoms with Crippen LogP contribution in [0.1, 0.15) is 78.5 Å². The van der Waals surface area contributed by atoms with Crippen molar-refractivity contribution in [1.29, 1.82) is 0 Å². The van der Waals surface area contributed by atoms with Crippen molar-refractivity contribution in [2.24, 2.45) is 0 Å². The summed E-state index contributed by atoms with van der Waals surface area (Å²) in [6, 6.07) is 9.49. The molecule has 1 aliphatic carbocycles. The number of aromatic carboxylic acids is 1. The number of piperidine rings is 1. The molecule has 40 heavy (non-hydrogen) atoms. The Kier molecular flexibility index (Phi) is 9.00. The lowest BCUT2D eigenvalue weighted by Gasteiger charge is -2.34. The van der Waals surface area contributed by atoms with Crippen LogP contribution in [-0.4, -0.2) is 39.7 Å². The summed E-state index contributed by atoms with van der Waals surface area (Å²) in [4.78, 5) is 26.5. The minimum atomic E-state index is -1.10. The first-order chi connectivity index (χ1) is 18.6. The quantitative estimate of drug-likeness (QED) is 0.324. The first kappa shape index (κ1) is 29.7. The molecule has 214 valence electrons. The fraction of sp³-hybridized carbons (Fsp3) is 0.419. The molecule has 2 fully saturated rings. The summed E-state index contributed by atoms with van der Waals surface area (Å²) in [6.45, 7) is 7.22. The van der Waals surface area contributed by atoms with E-state index in [1.807, 2.05) is 13.8 Å². The van der Waals surface area contributed by atoms with Crippen LogP contribution in [0.15, 0.2) is 47.4 Å². The molecule has 5 rings (SSSR count). The average molecular weight is 573 g/mol. The van der Waals surface area contributed by atoms with E-state index in [4.69, 9.17) is 4.74 Å². The third-order valence-electron chi connectivity index (χ3n) is 7.77. The molecule has 0 radical (unpaired) electrons. The molecule has 2 aliphatic rings. The summed E-state index contributed by atoms with van der Waals surface area (Å²) in [5, 5.41) is 9.31. The van der Waals surface area contributed by atoms with Gasteiger partial charge >= 0.3 is 5.97 Å².